The minimum absolute atomic E-state index is 0.160. The van der Waals surface area contributed by atoms with Gasteiger partial charge in [-0.25, -0.2) is 0 Å². The van der Waals surface area contributed by atoms with Crippen LogP contribution in [-0.2, 0) is 14.2 Å². The lowest BCUT2D eigenvalue weighted by atomic mass is 10.1. The Morgan fingerprint density at radius 3 is 2.26 bits per heavy atom. The lowest BCUT2D eigenvalue weighted by Crippen LogP contribution is -2.20. The Kier molecular flexibility index (Phi) is 14.2. The van der Waals surface area contributed by atoms with Crippen molar-refractivity contribution in [2.24, 2.45) is 5.92 Å². The van der Waals surface area contributed by atoms with Gasteiger partial charge in [-0.1, -0.05) is 40.0 Å². The summed E-state index contributed by atoms with van der Waals surface area (Å²) in [5.41, 5.74) is 0. The molecule has 0 spiro atoms. The zero-order valence-electron chi connectivity index (χ0n) is 13.5. The third-order valence-electron chi connectivity index (χ3n) is 3.06. The summed E-state index contributed by atoms with van der Waals surface area (Å²) in [6.45, 7) is 12.5. The van der Waals surface area contributed by atoms with E-state index in [0.717, 1.165) is 19.6 Å². The standard InChI is InChI=1S/C16H34O3/c1-5-7-8-10-17-11-12-19-16(4)14-18-13-15(3)9-6-2/h15-16H,5-14H2,1-4H3. The molecule has 0 aliphatic heterocycles. The Balaban J connectivity index is 3.23. The SMILES string of the molecule is CCCCCOCCOC(C)COCC(C)CCC. The molecule has 2 atom stereocenters. The quantitative estimate of drug-likeness (QED) is 0.447. The molecule has 3 nitrogen and oxygen atoms in total. The van der Waals surface area contributed by atoms with Crippen LogP contribution in [0.3, 0.4) is 0 Å². The molecule has 0 fully saturated rings. The number of hydrogen-bond donors (Lipinski definition) is 0. The van der Waals surface area contributed by atoms with Gasteiger partial charge in [0.05, 0.1) is 25.9 Å². The molecule has 0 aliphatic rings. The lowest BCUT2D eigenvalue weighted by molar-refractivity contribution is -0.0352. The number of ether oxygens (including phenoxy) is 3. The van der Waals surface area contributed by atoms with Crippen LogP contribution in [0.4, 0.5) is 0 Å². The van der Waals surface area contributed by atoms with Crippen LogP contribution in [0.5, 0.6) is 0 Å². The Hall–Kier alpha value is -0.120. The maximum absolute atomic E-state index is 5.65. The first-order valence-corrected chi connectivity index (χ1v) is 7.97. The van der Waals surface area contributed by atoms with Crippen molar-refractivity contribution in [2.75, 3.05) is 33.0 Å². The van der Waals surface area contributed by atoms with Gasteiger partial charge in [-0.05, 0) is 25.7 Å². The molecular formula is C16H34O3. The van der Waals surface area contributed by atoms with Gasteiger partial charge >= 0.3 is 0 Å². The predicted molar refractivity (Wildman–Crippen MR) is 80.6 cm³/mol. The van der Waals surface area contributed by atoms with Gasteiger partial charge in [-0.15, -0.1) is 0 Å². The van der Waals surface area contributed by atoms with E-state index in [2.05, 4.69) is 27.7 Å². The Labute approximate surface area is 120 Å². The highest BCUT2D eigenvalue weighted by Gasteiger charge is 2.05. The van der Waals surface area contributed by atoms with Crippen molar-refractivity contribution in [2.45, 2.75) is 65.9 Å². The van der Waals surface area contributed by atoms with Crippen molar-refractivity contribution in [1.29, 1.82) is 0 Å². The fraction of sp³-hybridized carbons (Fsp3) is 1.00. The second kappa shape index (κ2) is 14.3. The molecule has 0 rings (SSSR count). The van der Waals surface area contributed by atoms with Gasteiger partial charge in [0.2, 0.25) is 0 Å². The molecule has 0 heterocycles. The van der Waals surface area contributed by atoms with Crippen LogP contribution in [0.2, 0.25) is 0 Å². The molecular weight excluding hydrogens is 240 g/mol. The maximum Gasteiger partial charge on any atom is 0.0781 e. The van der Waals surface area contributed by atoms with Crippen LogP contribution in [0.25, 0.3) is 0 Å². The fourth-order valence-corrected chi connectivity index (χ4v) is 1.92. The normalized spacial score (nSPS) is 14.5. The molecule has 116 valence electrons. The van der Waals surface area contributed by atoms with Crippen LogP contribution in [0.15, 0.2) is 0 Å². The summed E-state index contributed by atoms with van der Waals surface area (Å²) in [5, 5.41) is 0. The monoisotopic (exact) mass is 274 g/mol. The summed E-state index contributed by atoms with van der Waals surface area (Å²) >= 11 is 0. The van der Waals surface area contributed by atoms with Crippen molar-refractivity contribution in [1.82, 2.24) is 0 Å². The zero-order chi connectivity index (χ0) is 14.3. The Bertz CT molecular complexity index is 173. The van der Waals surface area contributed by atoms with Crippen molar-refractivity contribution < 1.29 is 14.2 Å². The molecule has 0 amide bonds. The highest BCUT2D eigenvalue weighted by molar-refractivity contribution is 4.52. The topological polar surface area (TPSA) is 27.7 Å². The molecule has 19 heavy (non-hydrogen) atoms. The van der Waals surface area contributed by atoms with Gasteiger partial charge in [0.25, 0.3) is 0 Å². The summed E-state index contributed by atoms with van der Waals surface area (Å²) < 4.78 is 16.8. The number of rotatable bonds is 14. The fourth-order valence-electron chi connectivity index (χ4n) is 1.92. The Morgan fingerprint density at radius 1 is 0.789 bits per heavy atom. The minimum atomic E-state index is 0.160. The molecule has 0 radical (unpaired) electrons. The third kappa shape index (κ3) is 14.1. The highest BCUT2D eigenvalue weighted by Crippen LogP contribution is 2.05. The van der Waals surface area contributed by atoms with Crippen LogP contribution >= 0.6 is 0 Å². The summed E-state index contributed by atoms with van der Waals surface area (Å²) in [6, 6.07) is 0. The average Bonchev–Trinajstić information content (AvgIpc) is 2.38. The summed E-state index contributed by atoms with van der Waals surface area (Å²) in [6.07, 6.45) is 6.27. The minimum Gasteiger partial charge on any atom is -0.379 e. The first kappa shape index (κ1) is 18.9. The smallest absolute Gasteiger partial charge is 0.0781 e. The maximum atomic E-state index is 5.65. The number of hydrogen-bond acceptors (Lipinski definition) is 3. The van der Waals surface area contributed by atoms with E-state index in [-0.39, 0.29) is 6.10 Å². The molecule has 0 N–H and O–H groups in total. The predicted octanol–water partition coefficient (Wildman–Crippen LogP) is 4.05. The van der Waals surface area contributed by atoms with E-state index < -0.39 is 0 Å². The number of unbranched alkanes of at least 4 members (excludes halogenated alkanes) is 2. The van der Waals surface area contributed by atoms with Gasteiger partial charge in [0.15, 0.2) is 0 Å². The van der Waals surface area contributed by atoms with Crippen molar-refractivity contribution in [3.05, 3.63) is 0 Å². The first-order chi connectivity index (χ1) is 9.20. The van der Waals surface area contributed by atoms with E-state index in [0.29, 0.717) is 25.7 Å². The first-order valence-electron chi connectivity index (χ1n) is 7.97. The molecule has 0 saturated carbocycles. The zero-order valence-corrected chi connectivity index (χ0v) is 13.5. The van der Waals surface area contributed by atoms with Crippen LogP contribution in [0.1, 0.15) is 59.8 Å². The lowest BCUT2D eigenvalue weighted by Gasteiger charge is -2.16. The van der Waals surface area contributed by atoms with Gasteiger partial charge in [-0.2, -0.15) is 0 Å². The second-order valence-electron chi connectivity index (χ2n) is 5.43. The van der Waals surface area contributed by atoms with E-state index in [1.165, 1.54) is 25.7 Å². The largest absolute Gasteiger partial charge is 0.379 e. The molecule has 0 saturated heterocycles. The van der Waals surface area contributed by atoms with Crippen molar-refractivity contribution in [3.63, 3.8) is 0 Å². The summed E-state index contributed by atoms with van der Waals surface area (Å²) in [7, 11) is 0. The molecule has 2 unspecified atom stereocenters. The van der Waals surface area contributed by atoms with Gasteiger partial charge in [0.1, 0.15) is 0 Å². The van der Waals surface area contributed by atoms with E-state index in [1.807, 2.05) is 0 Å². The van der Waals surface area contributed by atoms with E-state index in [1.54, 1.807) is 0 Å². The van der Waals surface area contributed by atoms with E-state index in [9.17, 15) is 0 Å². The molecule has 3 heteroatoms. The molecule has 0 aliphatic carbocycles. The molecule has 0 aromatic heterocycles. The molecule has 0 aromatic rings. The molecule has 0 bridgehead atoms. The third-order valence-corrected chi connectivity index (χ3v) is 3.06. The molecule has 0 aromatic carbocycles. The van der Waals surface area contributed by atoms with Crippen molar-refractivity contribution >= 4 is 0 Å². The highest BCUT2D eigenvalue weighted by atomic mass is 16.5. The average molecular weight is 274 g/mol. The van der Waals surface area contributed by atoms with Crippen LogP contribution < -0.4 is 0 Å². The summed E-state index contributed by atoms with van der Waals surface area (Å²) in [5.74, 6) is 0.652. The van der Waals surface area contributed by atoms with Crippen molar-refractivity contribution in [3.8, 4) is 0 Å². The summed E-state index contributed by atoms with van der Waals surface area (Å²) in [4.78, 5) is 0. The van der Waals surface area contributed by atoms with Gasteiger partial charge < -0.3 is 14.2 Å². The van der Waals surface area contributed by atoms with Gasteiger partial charge in [0, 0.05) is 13.2 Å². The van der Waals surface area contributed by atoms with Crippen LogP contribution in [-0.4, -0.2) is 39.1 Å². The van der Waals surface area contributed by atoms with Gasteiger partial charge in [-0.3, -0.25) is 0 Å². The van der Waals surface area contributed by atoms with E-state index >= 15 is 0 Å². The van der Waals surface area contributed by atoms with E-state index in [4.69, 9.17) is 14.2 Å². The van der Waals surface area contributed by atoms with Crippen LogP contribution in [0, 0.1) is 5.92 Å². The Morgan fingerprint density at radius 2 is 1.58 bits per heavy atom. The second-order valence-corrected chi connectivity index (χ2v) is 5.43.